The highest BCUT2D eigenvalue weighted by atomic mass is 127. The summed E-state index contributed by atoms with van der Waals surface area (Å²) in [5.41, 5.74) is 1.87. The molecule has 1 aromatic carbocycles. The van der Waals surface area contributed by atoms with Crippen LogP contribution < -0.4 is 9.21 Å². The molecule has 1 aliphatic rings. The van der Waals surface area contributed by atoms with Crippen LogP contribution in [0.25, 0.3) is 0 Å². The first-order chi connectivity index (χ1) is 8.89. The first-order valence-electron chi connectivity index (χ1n) is 6.38. The van der Waals surface area contributed by atoms with Gasteiger partial charge in [0.2, 0.25) is 10.0 Å². The van der Waals surface area contributed by atoms with Crippen LogP contribution in [0.4, 0.5) is 11.4 Å². The second kappa shape index (κ2) is 5.87. The number of sulfonamides is 1. The standard InChI is InChI=1S/C13H19IN2O2S/c1-15(19(2,17)18)13-10-11(6-7-12(13)14)16-8-4-3-5-9-16/h6-7,10H,3-5,8-9H2,1-2H3. The van der Waals surface area contributed by atoms with Crippen molar-refractivity contribution in [1.82, 2.24) is 0 Å². The van der Waals surface area contributed by atoms with Gasteiger partial charge >= 0.3 is 0 Å². The topological polar surface area (TPSA) is 40.6 Å². The van der Waals surface area contributed by atoms with Crippen molar-refractivity contribution < 1.29 is 8.42 Å². The molecule has 1 aliphatic heterocycles. The summed E-state index contributed by atoms with van der Waals surface area (Å²) >= 11 is 2.18. The van der Waals surface area contributed by atoms with Crippen LogP contribution >= 0.6 is 22.6 Å². The lowest BCUT2D eigenvalue weighted by Gasteiger charge is -2.30. The number of rotatable bonds is 3. The molecule has 0 radical (unpaired) electrons. The fourth-order valence-corrected chi connectivity index (χ4v) is 3.64. The van der Waals surface area contributed by atoms with E-state index in [2.05, 4.69) is 33.6 Å². The fourth-order valence-electron chi connectivity index (χ4n) is 2.27. The van der Waals surface area contributed by atoms with E-state index in [1.807, 2.05) is 12.1 Å². The highest BCUT2D eigenvalue weighted by Gasteiger charge is 2.18. The van der Waals surface area contributed by atoms with Gasteiger partial charge in [-0.1, -0.05) is 0 Å². The number of nitrogens with zero attached hydrogens (tertiary/aromatic N) is 2. The molecule has 0 atom stereocenters. The van der Waals surface area contributed by atoms with Gasteiger partial charge in [-0.25, -0.2) is 8.42 Å². The Hall–Kier alpha value is -0.500. The number of hydrogen-bond donors (Lipinski definition) is 0. The average Bonchev–Trinajstić information content (AvgIpc) is 2.38. The van der Waals surface area contributed by atoms with Crippen molar-refractivity contribution in [2.45, 2.75) is 19.3 Å². The summed E-state index contributed by atoms with van der Waals surface area (Å²) in [6.45, 7) is 2.12. The molecule has 1 fully saturated rings. The lowest BCUT2D eigenvalue weighted by Crippen LogP contribution is -2.30. The fraction of sp³-hybridized carbons (Fsp3) is 0.538. The third-order valence-electron chi connectivity index (χ3n) is 3.49. The summed E-state index contributed by atoms with van der Waals surface area (Å²) in [5.74, 6) is 0. The maximum Gasteiger partial charge on any atom is 0.232 e. The zero-order valence-corrected chi connectivity index (χ0v) is 14.2. The van der Waals surface area contributed by atoms with Gasteiger partial charge in [0, 0.05) is 29.4 Å². The second-order valence-corrected chi connectivity index (χ2v) is 8.09. The zero-order valence-electron chi connectivity index (χ0n) is 11.3. The first kappa shape index (κ1) is 14.9. The van der Waals surface area contributed by atoms with Gasteiger partial charge in [0.25, 0.3) is 0 Å². The van der Waals surface area contributed by atoms with E-state index in [0.29, 0.717) is 0 Å². The van der Waals surface area contributed by atoms with E-state index in [1.165, 1.54) is 29.8 Å². The summed E-state index contributed by atoms with van der Waals surface area (Å²) in [7, 11) is -1.61. The minimum absolute atomic E-state index is 0.756. The van der Waals surface area contributed by atoms with Crippen LogP contribution in [0.2, 0.25) is 0 Å². The SMILES string of the molecule is CN(c1cc(N2CCCCC2)ccc1I)S(C)(=O)=O. The van der Waals surface area contributed by atoms with Gasteiger partial charge in [-0.15, -0.1) is 0 Å². The number of hydrogen-bond acceptors (Lipinski definition) is 3. The molecule has 0 spiro atoms. The molecule has 0 aromatic heterocycles. The van der Waals surface area contributed by atoms with Crippen molar-refractivity contribution in [3.8, 4) is 0 Å². The maximum atomic E-state index is 11.7. The van der Waals surface area contributed by atoms with E-state index in [1.54, 1.807) is 7.05 Å². The van der Waals surface area contributed by atoms with E-state index in [9.17, 15) is 8.42 Å². The smallest absolute Gasteiger partial charge is 0.232 e. The summed E-state index contributed by atoms with van der Waals surface area (Å²) in [4.78, 5) is 2.33. The molecule has 0 amide bonds. The molecular weight excluding hydrogens is 375 g/mol. The predicted molar refractivity (Wildman–Crippen MR) is 88.5 cm³/mol. The first-order valence-corrected chi connectivity index (χ1v) is 9.31. The number of anilines is 2. The minimum atomic E-state index is -3.22. The van der Waals surface area contributed by atoms with Crippen LogP contribution in [-0.2, 0) is 10.0 Å². The number of halogens is 1. The van der Waals surface area contributed by atoms with Crippen molar-refractivity contribution in [2.24, 2.45) is 0 Å². The van der Waals surface area contributed by atoms with Gasteiger partial charge < -0.3 is 4.90 Å². The third kappa shape index (κ3) is 3.53. The molecular formula is C13H19IN2O2S. The Morgan fingerprint density at radius 3 is 2.42 bits per heavy atom. The molecule has 4 nitrogen and oxygen atoms in total. The van der Waals surface area contributed by atoms with Crippen molar-refractivity contribution >= 4 is 44.0 Å². The Morgan fingerprint density at radius 1 is 1.21 bits per heavy atom. The highest BCUT2D eigenvalue weighted by Crippen LogP contribution is 2.30. The summed E-state index contributed by atoms with van der Waals surface area (Å²) in [6, 6.07) is 6.04. The molecule has 0 unspecified atom stereocenters. The molecule has 0 bridgehead atoms. The summed E-state index contributed by atoms with van der Waals surface area (Å²) in [6.07, 6.45) is 4.94. The average molecular weight is 394 g/mol. The van der Waals surface area contributed by atoms with E-state index in [4.69, 9.17) is 0 Å². The Kier molecular flexibility index (Phi) is 4.60. The normalized spacial score (nSPS) is 16.5. The van der Waals surface area contributed by atoms with Crippen LogP contribution in [0.3, 0.4) is 0 Å². The van der Waals surface area contributed by atoms with Crippen LogP contribution in [0.5, 0.6) is 0 Å². The monoisotopic (exact) mass is 394 g/mol. The van der Waals surface area contributed by atoms with Gasteiger partial charge in [0.05, 0.1) is 11.9 Å². The minimum Gasteiger partial charge on any atom is -0.371 e. The quantitative estimate of drug-likeness (QED) is 0.741. The molecule has 6 heteroatoms. The number of piperidine rings is 1. The molecule has 0 N–H and O–H groups in total. The van der Waals surface area contributed by atoms with Crippen LogP contribution in [0.1, 0.15) is 19.3 Å². The molecule has 19 heavy (non-hydrogen) atoms. The van der Waals surface area contributed by atoms with Gasteiger partial charge in [-0.2, -0.15) is 0 Å². The van der Waals surface area contributed by atoms with E-state index in [-0.39, 0.29) is 0 Å². The Balaban J connectivity index is 2.34. The van der Waals surface area contributed by atoms with Crippen molar-refractivity contribution in [1.29, 1.82) is 0 Å². The van der Waals surface area contributed by atoms with E-state index < -0.39 is 10.0 Å². The second-order valence-electron chi connectivity index (χ2n) is 4.91. The van der Waals surface area contributed by atoms with E-state index >= 15 is 0 Å². The Labute approximate surface area is 129 Å². The lowest BCUT2D eigenvalue weighted by atomic mass is 10.1. The van der Waals surface area contributed by atoms with Crippen LogP contribution in [-0.4, -0.2) is 34.8 Å². The van der Waals surface area contributed by atoms with Crippen molar-refractivity contribution in [3.05, 3.63) is 21.8 Å². The maximum absolute atomic E-state index is 11.7. The van der Waals surface area contributed by atoms with E-state index in [0.717, 1.165) is 28.0 Å². The Bertz CT molecular complexity index is 554. The third-order valence-corrected chi connectivity index (χ3v) is 5.59. The Morgan fingerprint density at radius 2 is 1.84 bits per heavy atom. The molecule has 106 valence electrons. The van der Waals surface area contributed by atoms with Crippen LogP contribution in [0.15, 0.2) is 18.2 Å². The summed E-state index contributed by atoms with van der Waals surface area (Å²) < 4.78 is 25.7. The molecule has 0 aliphatic carbocycles. The van der Waals surface area contributed by atoms with Gasteiger partial charge in [-0.05, 0) is 60.1 Å². The molecule has 1 heterocycles. The largest absolute Gasteiger partial charge is 0.371 e. The number of benzene rings is 1. The predicted octanol–water partition coefficient (Wildman–Crippen LogP) is 2.68. The lowest BCUT2D eigenvalue weighted by molar-refractivity contribution is 0.578. The summed E-state index contributed by atoms with van der Waals surface area (Å²) in [5, 5.41) is 0. The molecule has 1 saturated heterocycles. The van der Waals surface area contributed by atoms with Gasteiger partial charge in [0.1, 0.15) is 0 Å². The van der Waals surface area contributed by atoms with Crippen molar-refractivity contribution in [3.63, 3.8) is 0 Å². The van der Waals surface area contributed by atoms with Gasteiger partial charge in [0.15, 0.2) is 0 Å². The molecule has 1 aromatic rings. The van der Waals surface area contributed by atoms with Crippen molar-refractivity contribution in [2.75, 3.05) is 35.6 Å². The highest BCUT2D eigenvalue weighted by molar-refractivity contribution is 14.1. The molecule has 0 saturated carbocycles. The zero-order chi connectivity index (χ0) is 14.0. The van der Waals surface area contributed by atoms with Gasteiger partial charge in [-0.3, -0.25) is 4.31 Å². The molecule has 2 rings (SSSR count). The van der Waals surface area contributed by atoms with Crippen LogP contribution in [0, 0.1) is 3.57 Å².